The van der Waals surface area contributed by atoms with Crippen LogP contribution in [0.3, 0.4) is 0 Å². The number of aryl methyl sites for hydroxylation is 2. The predicted molar refractivity (Wildman–Crippen MR) is 137 cm³/mol. The van der Waals surface area contributed by atoms with Crippen molar-refractivity contribution in [2.75, 3.05) is 26.3 Å². The van der Waals surface area contributed by atoms with Crippen molar-refractivity contribution in [3.05, 3.63) is 51.9 Å². The summed E-state index contributed by atoms with van der Waals surface area (Å²) in [7, 11) is 0. The van der Waals surface area contributed by atoms with Gasteiger partial charge in [0.15, 0.2) is 5.96 Å². The third-order valence-corrected chi connectivity index (χ3v) is 6.17. The van der Waals surface area contributed by atoms with E-state index < -0.39 is 0 Å². The van der Waals surface area contributed by atoms with Crippen LogP contribution in [0.25, 0.3) is 0 Å². The zero-order valence-electron chi connectivity index (χ0n) is 18.7. The molecule has 0 spiro atoms. The van der Waals surface area contributed by atoms with Crippen molar-refractivity contribution in [2.45, 2.75) is 58.4 Å². The molecule has 0 aliphatic carbocycles. The average Bonchev–Trinajstić information content (AvgIpc) is 3.18. The molecular formula is C23H34ClIN4O2. The third-order valence-electron chi connectivity index (χ3n) is 5.84. The summed E-state index contributed by atoms with van der Waals surface area (Å²) >= 11 is 6.59. The van der Waals surface area contributed by atoms with Crippen molar-refractivity contribution < 1.29 is 9.26 Å². The third kappa shape index (κ3) is 6.35. The predicted octanol–water partition coefficient (Wildman–Crippen LogP) is 4.87. The normalized spacial score (nSPS) is 15.9. The number of ether oxygens (including phenoxy) is 1. The number of rotatable bonds is 8. The Morgan fingerprint density at radius 1 is 1.13 bits per heavy atom. The van der Waals surface area contributed by atoms with Gasteiger partial charge in [-0.1, -0.05) is 48.8 Å². The van der Waals surface area contributed by atoms with E-state index in [0.29, 0.717) is 6.54 Å². The molecule has 0 unspecified atom stereocenters. The molecule has 0 amide bonds. The summed E-state index contributed by atoms with van der Waals surface area (Å²) in [6.07, 6.45) is 3.51. The van der Waals surface area contributed by atoms with Crippen LogP contribution in [-0.4, -0.2) is 37.4 Å². The van der Waals surface area contributed by atoms with Gasteiger partial charge in [-0.3, -0.25) is 0 Å². The fourth-order valence-electron chi connectivity index (χ4n) is 4.06. The van der Waals surface area contributed by atoms with Crippen LogP contribution in [0, 0.1) is 0 Å². The second-order valence-corrected chi connectivity index (χ2v) is 8.07. The van der Waals surface area contributed by atoms with E-state index >= 15 is 0 Å². The van der Waals surface area contributed by atoms with Crippen molar-refractivity contribution in [1.82, 2.24) is 15.8 Å². The summed E-state index contributed by atoms with van der Waals surface area (Å²) in [4.78, 5) is 4.83. The minimum absolute atomic E-state index is 0. The van der Waals surface area contributed by atoms with Gasteiger partial charge in [-0.05, 0) is 37.8 Å². The van der Waals surface area contributed by atoms with Gasteiger partial charge in [0.05, 0.1) is 12.2 Å². The van der Waals surface area contributed by atoms with Crippen LogP contribution < -0.4 is 10.6 Å². The smallest absolute Gasteiger partial charge is 0.191 e. The highest BCUT2D eigenvalue weighted by atomic mass is 127. The molecule has 0 saturated carbocycles. The molecule has 3 rings (SSSR count). The summed E-state index contributed by atoms with van der Waals surface area (Å²) < 4.78 is 11.1. The molecule has 1 aromatic carbocycles. The maximum atomic E-state index is 6.59. The Labute approximate surface area is 207 Å². The van der Waals surface area contributed by atoms with E-state index in [1.54, 1.807) is 0 Å². The molecule has 1 saturated heterocycles. The Balaban J connectivity index is 0.00000341. The summed E-state index contributed by atoms with van der Waals surface area (Å²) in [5.74, 6) is 1.71. The van der Waals surface area contributed by atoms with Crippen molar-refractivity contribution in [1.29, 1.82) is 0 Å². The number of aliphatic imine (C=N–C) groups is 1. The van der Waals surface area contributed by atoms with Crippen LogP contribution in [0.4, 0.5) is 0 Å². The first kappa shape index (κ1) is 25.9. The van der Waals surface area contributed by atoms with Crippen molar-refractivity contribution in [3.8, 4) is 0 Å². The first-order chi connectivity index (χ1) is 14.6. The average molecular weight is 561 g/mol. The van der Waals surface area contributed by atoms with Crippen LogP contribution in [-0.2, 0) is 29.5 Å². The van der Waals surface area contributed by atoms with Gasteiger partial charge in [-0.2, -0.15) is 0 Å². The number of hydrogen-bond donors (Lipinski definition) is 2. The number of benzene rings is 1. The Bertz CT molecular complexity index is 828. The molecule has 1 fully saturated rings. The van der Waals surface area contributed by atoms with E-state index in [2.05, 4.69) is 48.7 Å². The second-order valence-electron chi connectivity index (χ2n) is 7.66. The Kier molecular flexibility index (Phi) is 10.6. The van der Waals surface area contributed by atoms with Gasteiger partial charge in [-0.15, -0.1) is 24.0 Å². The molecular weight excluding hydrogens is 527 g/mol. The lowest BCUT2D eigenvalue weighted by Crippen LogP contribution is -2.48. The van der Waals surface area contributed by atoms with E-state index in [0.717, 1.165) is 80.0 Å². The second kappa shape index (κ2) is 12.6. The Morgan fingerprint density at radius 2 is 1.87 bits per heavy atom. The van der Waals surface area contributed by atoms with Crippen molar-refractivity contribution >= 4 is 41.5 Å². The molecule has 1 aliphatic rings. The first-order valence-corrected chi connectivity index (χ1v) is 11.3. The lowest BCUT2D eigenvalue weighted by molar-refractivity contribution is 0.0514. The van der Waals surface area contributed by atoms with Crippen molar-refractivity contribution in [3.63, 3.8) is 0 Å². The molecule has 8 heteroatoms. The number of halogens is 2. The van der Waals surface area contributed by atoms with Gasteiger partial charge in [0.25, 0.3) is 0 Å². The quantitative estimate of drug-likeness (QED) is 0.274. The van der Waals surface area contributed by atoms with Gasteiger partial charge in [0.2, 0.25) is 0 Å². The van der Waals surface area contributed by atoms with Crippen LogP contribution in [0.2, 0.25) is 5.02 Å². The van der Waals surface area contributed by atoms with Crippen LogP contribution in [0.1, 0.15) is 56.2 Å². The minimum atomic E-state index is -0.0763. The zero-order valence-corrected chi connectivity index (χ0v) is 21.8. The molecule has 2 heterocycles. The molecule has 0 atom stereocenters. The fourth-order valence-corrected chi connectivity index (χ4v) is 4.40. The summed E-state index contributed by atoms with van der Waals surface area (Å²) in [5.41, 5.74) is 3.19. The monoisotopic (exact) mass is 560 g/mol. The molecule has 1 aromatic heterocycles. The molecule has 2 N–H and O–H groups in total. The summed E-state index contributed by atoms with van der Waals surface area (Å²) in [5, 5.41) is 11.9. The molecule has 6 nitrogen and oxygen atoms in total. The van der Waals surface area contributed by atoms with E-state index in [9.17, 15) is 0 Å². The molecule has 0 bridgehead atoms. The van der Waals surface area contributed by atoms with Crippen LogP contribution in [0.15, 0.2) is 33.8 Å². The number of nitrogens with one attached hydrogen (secondary N) is 2. The number of hydrogen-bond acceptors (Lipinski definition) is 4. The van der Waals surface area contributed by atoms with Crippen LogP contribution in [0.5, 0.6) is 0 Å². The number of guanidine groups is 1. The van der Waals surface area contributed by atoms with Gasteiger partial charge in [0, 0.05) is 48.7 Å². The standard InChI is InChI=1S/C23H33ClN4O2.HI/c1-4-20-17(21(5-2)30-28-20)15-26-22(25-6-3)27-16-23(11-13-29-14-12-23)18-9-7-8-10-19(18)24;/h7-10H,4-6,11-16H2,1-3H3,(H2,25,26,27);1H. The number of aromatic nitrogens is 1. The maximum Gasteiger partial charge on any atom is 0.191 e. The SMILES string of the molecule is CCNC(=NCc1c(CC)noc1CC)NCC1(c2ccccc2Cl)CCOCC1.I. The van der Waals surface area contributed by atoms with Crippen LogP contribution >= 0.6 is 35.6 Å². The Morgan fingerprint density at radius 3 is 2.52 bits per heavy atom. The number of nitrogens with zero attached hydrogens (tertiary/aromatic N) is 2. The summed E-state index contributed by atoms with van der Waals surface area (Å²) in [6, 6.07) is 8.14. The zero-order chi connectivity index (χ0) is 21.4. The molecule has 1 aliphatic heterocycles. The lowest BCUT2D eigenvalue weighted by atomic mass is 9.74. The maximum absolute atomic E-state index is 6.59. The first-order valence-electron chi connectivity index (χ1n) is 10.9. The van der Waals surface area contributed by atoms with E-state index in [1.807, 2.05) is 12.1 Å². The van der Waals surface area contributed by atoms with E-state index in [-0.39, 0.29) is 29.4 Å². The minimum Gasteiger partial charge on any atom is -0.381 e. The van der Waals surface area contributed by atoms with E-state index in [4.69, 9.17) is 25.9 Å². The topological polar surface area (TPSA) is 71.7 Å². The highest BCUT2D eigenvalue weighted by Crippen LogP contribution is 2.38. The van der Waals surface area contributed by atoms with Gasteiger partial charge in [-0.25, -0.2) is 4.99 Å². The highest BCUT2D eigenvalue weighted by molar-refractivity contribution is 14.0. The van der Waals surface area contributed by atoms with Gasteiger partial charge in [0.1, 0.15) is 5.76 Å². The molecule has 172 valence electrons. The molecule has 0 radical (unpaired) electrons. The largest absolute Gasteiger partial charge is 0.381 e. The fraction of sp³-hybridized carbons (Fsp3) is 0.565. The van der Waals surface area contributed by atoms with E-state index in [1.165, 1.54) is 5.56 Å². The van der Waals surface area contributed by atoms with Gasteiger partial charge >= 0.3 is 0 Å². The molecule has 2 aromatic rings. The summed E-state index contributed by atoms with van der Waals surface area (Å²) in [6.45, 7) is 9.80. The van der Waals surface area contributed by atoms with Gasteiger partial charge < -0.3 is 19.9 Å². The highest BCUT2D eigenvalue weighted by Gasteiger charge is 2.36. The molecule has 31 heavy (non-hydrogen) atoms. The van der Waals surface area contributed by atoms with Crippen molar-refractivity contribution in [2.24, 2.45) is 4.99 Å². The lowest BCUT2D eigenvalue weighted by Gasteiger charge is -2.38. The Hall–Kier alpha value is -1.32.